The maximum Gasteiger partial charge on any atom is 0.109 e. The van der Waals surface area contributed by atoms with Crippen LogP contribution in [0.1, 0.15) is 62.2 Å². The van der Waals surface area contributed by atoms with E-state index in [-0.39, 0.29) is 0 Å². The summed E-state index contributed by atoms with van der Waals surface area (Å²) < 4.78 is 2.55. The third-order valence-electron chi connectivity index (χ3n) is 4.43. The Bertz CT molecular complexity index is 402. The quantitative estimate of drug-likeness (QED) is 0.890. The second-order valence-electron chi connectivity index (χ2n) is 5.74. The molecule has 0 aliphatic carbocycles. The van der Waals surface area contributed by atoms with Crippen LogP contribution >= 0.6 is 0 Å². The van der Waals surface area contributed by atoms with Gasteiger partial charge in [0.1, 0.15) is 5.82 Å². The lowest BCUT2D eigenvalue weighted by Crippen LogP contribution is -2.27. The lowest BCUT2D eigenvalue weighted by molar-refractivity contribution is 0.446. The molecule has 1 N–H and O–H groups in total. The molecule has 0 radical (unpaired) electrons. The topological polar surface area (TPSA) is 29.9 Å². The van der Waals surface area contributed by atoms with E-state index in [9.17, 15) is 0 Å². The van der Waals surface area contributed by atoms with Crippen LogP contribution in [0.25, 0.3) is 0 Å². The number of hydrogen-bond donors (Lipinski definition) is 1. The van der Waals surface area contributed by atoms with Crippen LogP contribution in [0.4, 0.5) is 0 Å². The molecule has 2 aliphatic rings. The van der Waals surface area contributed by atoms with Gasteiger partial charge in [-0.2, -0.15) is 0 Å². The number of aryl methyl sites for hydroxylation is 1. The van der Waals surface area contributed by atoms with Crippen molar-refractivity contribution in [2.24, 2.45) is 0 Å². The van der Waals surface area contributed by atoms with Crippen LogP contribution in [0.15, 0.2) is 0 Å². The molecule has 0 spiro atoms. The molecule has 1 saturated heterocycles. The molecule has 0 amide bonds. The van der Waals surface area contributed by atoms with E-state index in [0.717, 1.165) is 12.3 Å². The Kier molecular flexibility index (Phi) is 3.69. The van der Waals surface area contributed by atoms with Crippen molar-refractivity contribution < 1.29 is 0 Å². The summed E-state index contributed by atoms with van der Waals surface area (Å²) in [5.74, 6) is 2.08. The molecule has 0 aromatic carbocycles. The number of rotatable bonds is 3. The van der Waals surface area contributed by atoms with Gasteiger partial charge in [0.15, 0.2) is 0 Å². The fourth-order valence-electron chi connectivity index (χ4n) is 3.48. The summed E-state index contributed by atoms with van der Waals surface area (Å²) in [6.07, 6.45) is 8.86. The zero-order valence-electron chi connectivity index (χ0n) is 11.5. The molecule has 1 aromatic heterocycles. The zero-order valence-corrected chi connectivity index (χ0v) is 11.5. The molecule has 2 aliphatic heterocycles. The summed E-state index contributed by atoms with van der Waals surface area (Å²) in [4.78, 5) is 5.04. The molecule has 1 aromatic rings. The van der Waals surface area contributed by atoms with Gasteiger partial charge in [-0.25, -0.2) is 4.98 Å². The van der Waals surface area contributed by atoms with Crippen LogP contribution in [-0.4, -0.2) is 22.6 Å². The minimum Gasteiger partial charge on any atom is -0.332 e. The van der Waals surface area contributed by atoms with Gasteiger partial charge in [-0.15, -0.1) is 0 Å². The highest BCUT2D eigenvalue weighted by molar-refractivity contribution is 5.24. The van der Waals surface area contributed by atoms with Gasteiger partial charge in [0.2, 0.25) is 0 Å². The molecule has 0 saturated carbocycles. The highest BCUT2D eigenvalue weighted by Crippen LogP contribution is 2.31. The largest absolute Gasteiger partial charge is 0.332 e. The highest BCUT2D eigenvalue weighted by Gasteiger charge is 2.26. The summed E-state index contributed by atoms with van der Waals surface area (Å²) in [7, 11) is 0. The molecule has 3 rings (SSSR count). The monoisotopic (exact) mass is 247 g/mol. The predicted molar refractivity (Wildman–Crippen MR) is 74.0 cm³/mol. The van der Waals surface area contributed by atoms with E-state index < -0.39 is 0 Å². The van der Waals surface area contributed by atoms with Crippen molar-refractivity contribution in [1.82, 2.24) is 14.9 Å². The molecule has 18 heavy (non-hydrogen) atoms. The van der Waals surface area contributed by atoms with Gasteiger partial charge in [-0.3, -0.25) is 0 Å². The van der Waals surface area contributed by atoms with E-state index >= 15 is 0 Å². The van der Waals surface area contributed by atoms with Gasteiger partial charge in [-0.1, -0.05) is 6.92 Å². The van der Waals surface area contributed by atoms with Gasteiger partial charge < -0.3 is 9.88 Å². The number of nitrogens with zero attached hydrogens (tertiary/aromatic N) is 2. The highest BCUT2D eigenvalue weighted by atomic mass is 15.1. The average molecular weight is 247 g/mol. The first kappa shape index (κ1) is 12.2. The number of nitrogens with one attached hydrogen (secondary N) is 1. The number of hydrogen-bond acceptors (Lipinski definition) is 2. The Balaban J connectivity index is 1.92. The second kappa shape index (κ2) is 5.43. The van der Waals surface area contributed by atoms with Crippen molar-refractivity contribution in [3.05, 3.63) is 17.2 Å². The van der Waals surface area contributed by atoms with Crippen molar-refractivity contribution >= 4 is 0 Å². The number of fused-ring (bicyclic) bond motifs is 1. The van der Waals surface area contributed by atoms with Crippen LogP contribution in [0.2, 0.25) is 0 Å². The van der Waals surface area contributed by atoms with Crippen molar-refractivity contribution in [1.29, 1.82) is 0 Å². The normalized spacial score (nSPS) is 20.9. The van der Waals surface area contributed by atoms with Crippen molar-refractivity contribution in [3.8, 4) is 0 Å². The van der Waals surface area contributed by atoms with Gasteiger partial charge in [-0.05, 0) is 51.6 Å². The lowest BCUT2D eigenvalue weighted by Gasteiger charge is -2.24. The number of piperidine rings is 1. The third-order valence-corrected chi connectivity index (χ3v) is 4.43. The molecule has 3 heteroatoms. The third kappa shape index (κ3) is 2.20. The summed E-state index contributed by atoms with van der Waals surface area (Å²) in [6, 6.07) is 0. The first-order valence-corrected chi connectivity index (χ1v) is 7.69. The fourth-order valence-corrected chi connectivity index (χ4v) is 3.48. The van der Waals surface area contributed by atoms with Crippen LogP contribution in [0.3, 0.4) is 0 Å². The SMILES string of the molecule is CCCc1nc(C2CCNCC2)c2n1CCCC2. The lowest BCUT2D eigenvalue weighted by atomic mass is 9.91. The first-order chi connectivity index (χ1) is 8.90. The standard InChI is InChI=1S/C15H25N3/c1-2-5-14-17-15(12-7-9-16-10-8-12)13-6-3-4-11-18(13)14/h12,16H,2-11H2,1H3. The molecule has 0 unspecified atom stereocenters. The van der Waals surface area contributed by atoms with E-state index in [0.29, 0.717) is 0 Å². The molecule has 3 heterocycles. The van der Waals surface area contributed by atoms with Crippen molar-refractivity contribution in [3.63, 3.8) is 0 Å². The molecule has 1 fully saturated rings. The second-order valence-corrected chi connectivity index (χ2v) is 5.74. The predicted octanol–water partition coefficient (Wildman–Crippen LogP) is 2.64. The van der Waals surface area contributed by atoms with Crippen molar-refractivity contribution in [2.75, 3.05) is 13.1 Å². The first-order valence-electron chi connectivity index (χ1n) is 7.69. The average Bonchev–Trinajstić information content (AvgIpc) is 2.80. The minimum absolute atomic E-state index is 0.719. The zero-order chi connectivity index (χ0) is 12.4. The van der Waals surface area contributed by atoms with Crippen LogP contribution in [0, 0.1) is 0 Å². The van der Waals surface area contributed by atoms with Crippen LogP contribution < -0.4 is 5.32 Å². The summed E-state index contributed by atoms with van der Waals surface area (Å²) in [6.45, 7) is 5.80. The summed E-state index contributed by atoms with van der Waals surface area (Å²) in [5, 5.41) is 3.46. The van der Waals surface area contributed by atoms with Crippen molar-refractivity contribution in [2.45, 2.75) is 64.3 Å². The van der Waals surface area contributed by atoms with Gasteiger partial charge in [0.05, 0.1) is 5.69 Å². The number of aromatic nitrogens is 2. The smallest absolute Gasteiger partial charge is 0.109 e. The number of imidazole rings is 1. The molecule has 100 valence electrons. The summed E-state index contributed by atoms with van der Waals surface area (Å²) >= 11 is 0. The Morgan fingerprint density at radius 2 is 2.11 bits per heavy atom. The maximum atomic E-state index is 5.04. The molecule has 0 atom stereocenters. The minimum atomic E-state index is 0.719. The van der Waals surface area contributed by atoms with Crippen LogP contribution in [0.5, 0.6) is 0 Å². The maximum absolute atomic E-state index is 5.04. The van der Waals surface area contributed by atoms with Gasteiger partial charge in [0, 0.05) is 24.6 Å². The van der Waals surface area contributed by atoms with E-state index in [4.69, 9.17) is 4.98 Å². The Morgan fingerprint density at radius 1 is 1.28 bits per heavy atom. The Hall–Kier alpha value is -0.830. The molecular weight excluding hydrogens is 222 g/mol. The van der Waals surface area contributed by atoms with E-state index in [1.807, 2.05) is 0 Å². The molecular formula is C15H25N3. The van der Waals surface area contributed by atoms with E-state index in [2.05, 4.69) is 16.8 Å². The van der Waals surface area contributed by atoms with E-state index in [1.54, 1.807) is 5.69 Å². The Labute approximate surface area is 110 Å². The van der Waals surface area contributed by atoms with E-state index in [1.165, 1.54) is 69.7 Å². The summed E-state index contributed by atoms with van der Waals surface area (Å²) in [5.41, 5.74) is 3.04. The molecule has 3 nitrogen and oxygen atoms in total. The fraction of sp³-hybridized carbons (Fsp3) is 0.800. The van der Waals surface area contributed by atoms with Gasteiger partial charge >= 0.3 is 0 Å². The van der Waals surface area contributed by atoms with Crippen LogP contribution in [-0.2, 0) is 19.4 Å². The Morgan fingerprint density at radius 3 is 2.89 bits per heavy atom. The molecule has 0 bridgehead atoms. The van der Waals surface area contributed by atoms with Gasteiger partial charge in [0.25, 0.3) is 0 Å².